The molecule has 170 valence electrons. The lowest BCUT2D eigenvalue weighted by molar-refractivity contribution is -0.668. The fourth-order valence-electron chi connectivity index (χ4n) is 3.60. The zero-order valence-corrected chi connectivity index (χ0v) is 19.8. The Hall–Kier alpha value is -1.86. The van der Waals surface area contributed by atoms with Gasteiger partial charge in [-0.1, -0.05) is 30.3 Å². The number of para-hydroxylation sites is 2. The molecule has 0 unspecified atom stereocenters. The average molecular weight is 517 g/mol. The highest BCUT2D eigenvalue weighted by atomic mass is 35.5. The summed E-state index contributed by atoms with van der Waals surface area (Å²) in [6.07, 6.45) is 3.30. The summed E-state index contributed by atoms with van der Waals surface area (Å²) in [4.78, 5) is 42.4. The standard InChI is InChI=1S/C20H18N2O6P2.2ClH/c23-29(24,25)20(30(26,27)28)13-22-12-10-15(17-6-2-4-8-19(17)22)14-9-11-21-18-7-3-1-5-16(14)18;;/h1-12,20H,13H2,(H3-,23,24,25,26,27,28);2*1H. The average Bonchev–Trinajstić information content (AvgIpc) is 2.70. The van der Waals surface area contributed by atoms with E-state index in [9.17, 15) is 28.7 Å². The minimum atomic E-state index is -5.04. The molecule has 0 aliphatic rings. The molecule has 0 fully saturated rings. The number of hydrogen-bond donors (Lipinski definition) is 4. The highest BCUT2D eigenvalue weighted by molar-refractivity contribution is 7.70. The van der Waals surface area contributed by atoms with E-state index in [4.69, 9.17) is 0 Å². The number of rotatable bonds is 5. The van der Waals surface area contributed by atoms with Crippen LogP contribution in [-0.4, -0.2) is 30.0 Å². The molecule has 0 bridgehead atoms. The number of fused-ring (bicyclic) bond motifs is 2. The summed E-state index contributed by atoms with van der Waals surface area (Å²) in [5, 5.41) is -0.385. The molecule has 2 heterocycles. The van der Waals surface area contributed by atoms with Crippen LogP contribution >= 0.6 is 27.6 Å². The molecule has 0 spiro atoms. The Morgan fingerprint density at radius 3 is 2.03 bits per heavy atom. The molecule has 8 nitrogen and oxygen atoms in total. The Bertz CT molecular complexity index is 1330. The molecule has 0 radical (unpaired) electrons. The van der Waals surface area contributed by atoms with E-state index in [1.165, 1.54) is 4.57 Å². The monoisotopic (exact) mass is 516 g/mol. The molecular weight excluding hydrogens is 497 g/mol. The molecule has 4 rings (SSSR count). The first-order valence-electron chi connectivity index (χ1n) is 9.02. The second kappa shape index (κ2) is 9.96. The van der Waals surface area contributed by atoms with Gasteiger partial charge in [0.05, 0.1) is 10.9 Å². The lowest BCUT2D eigenvalue weighted by atomic mass is 9.98. The van der Waals surface area contributed by atoms with E-state index in [2.05, 4.69) is 4.98 Å². The van der Waals surface area contributed by atoms with E-state index in [-0.39, 0.29) is 24.8 Å². The summed E-state index contributed by atoms with van der Waals surface area (Å²) in [6, 6.07) is 18.6. The molecular formula is C20H20Cl2N2O6P2. The van der Waals surface area contributed by atoms with Crippen LogP contribution in [0.5, 0.6) is 0 Å². The van der Waals surface area contributed by atoms with Crippen molar-refractivity contribution < 1.29 is 45.7 Å². The van der Waals surface area contributed by atoms with Crippen LogP contribution in [-0.2, 0) is 15.7 Å². The van der Waals surface area contributed by atoms with Gasteiger partial charge in [-0.25, -0.2) is 0 Å². The van der Waals surface area contributed by atoms with Gasteiger partial charge in [0.15, 0.2) is 12.7 Å². The van der Waals surface area contributed by atoms with Crippen LogP contribution in [0.4, 0.5) is 0 Å². The number of halogens is 2. The van der Waals surface area contributed by atoms with Crippen LogP contribution in [0.15, 0.2) is 73.1 Å². The van der Waals surface area contributed by atoms with E-state index in [1.807, 2.05) is 42.5 Å². The molecule has 0 saturated carbocycles. The second-order valence-corrected chi connectivity index (χ2v) is 10.9. The van der Waals surface area contributed by atoms with Crippen molar-refractivity contribution in [2.75, 3.05) is 0 Å². The zero-order chi connectivity index (χ0) is 21.5. The highest BCUT2D eigenvalue weighted by Crippen LogP contribution is 2.60. The van der Waals surface area contributed by atoms with E-state index in [0.717, 1.165) is 27.4 Å². The predicted molar refractivity (Wildman–Crippen MR) is 120 cm³/mol. The maximum absolute atomic E-state index is 11.7. The summed E-state index contributed by atoms with van der Waals surface area (Å²) >= 11 is 0. The molecule has 32 heavy (non-hydrogen) atoms. The molecule has 0 aliphatic heterocycles. The minimum Gasteiger partial charge on any atom is -1.00 e. The third kappa shape index (κ3) is 5.20. The van der Waals surface area contributed by atoms with Crippen molar-refractivity contribution in [3.63, 3.8) is 0 Å². The third-order valence-electron chi connectivity index (χ3n) is 5.00. The van der Waals surface area contributed by atoms with Gasteiger partial charge < -0.3 is 32.0 Å². The van der Waals surface area contributed by atoms with E-state index >= 15 is 0 Å². The van der Waals surface area contributed by atoms with E-state index < -0.39 is 27.1 Å². The first kappa shape index (κ1) is 26.4. The molecule has 0 amide bonds. The van der Waals surface area contributed by atoms with Gasteiger partial charge >= 0.3 is 15.2 Å². The van der Waals surface area contributed by atoms with Gasteiger partial charge in [0.25, 0.3) is 0 Å². The number of hydrogen-bond acceptors (Lipinski definition) is 3. The minimum absolute atomic E-state index is 0. The molecule has 4 aromatic rings. The Kier molecular flexibility index (Phi) is 8.21. The summed E-state index contributed by atoms with van der Waals surface area (Å²) in [6.45, 7) is -0.521. The first-order valence-corrected chi connectivity index (χ1v) is 12.4. The zero-order valence-electron chi connectivity index (χ0n) is 16.4. The summed E-state index contributed by atoms with van der Waals surface area (Å²) in [5.41, 5.74) is 3.25. The van der Waals surface area contributed by atoms with E-state index in [0.29, 0.717) is 5.52 Å². The largest absolute Gasteiger partial charge is 1.00 e. The van der Waals surface area contributed by atoms with Gasteiger partial charge in [0.2, 0.25) is 10.9 Å². The lowest BCUT2D eigenvalue weighted by Crippen LogP contribution is -3.00. The van der Waals surface area contributed by atoms with Crippen molar-refractivity contribution in [2.45, 2.75) is 11.9 Å². The normalized spacial score (nSPS) is 11.9. The maximum Gasteiger partial charge on any atom is 0.347 e. The van der Waals surface area contributed by atoms with Crippen LogP contribution in [0.3, 0.4) is 0 Å². The molecule has 0 saturated heterocycles. The molecule has 0 atom stereocenters. The van der Waals surface area contributed by atoms with E-state index in [1.54, 1.807) is 30.6 Å². The molecule has 0 aliphatic carbocycles. The Labute approximate surface area is 196 Å². The summed E-state index contributed by atoms with van der Waals surface area (Å²) in [5.74, 6) is 0. The molecule has 2 aromatic carbocycles. The predicted octanol–water partition coefficient (Wildman–Crippen LogP) is 0.450. The van der Waals surface area contributed by atoms with Crippen LogP contribution in [0.1, 0.15) is 0 Å². The third-order valence-corrected chi connectivity index (χ3v) is 8.69. The van der Waals surface area contributed by atoms with Crippen molar-refractivity contribution in [3.05, 3.63) is 73.1 Å². The van der Waals surface area contributed by atoms with Gasteiger partial charge in [-0.15, -0.1) is 12.4 Å². The van der Waals surface area contributed by atoms with Gasteiger partial charge in [0.1, 0.15) is 0 Å². The van der Waals surface area contributed by atoms with Crippen LogP contribution in [0.25, 0.3) is 32.9 Å². The van der Waals surface area contributed by atoms with Crippen molar-refractivity contribution >= 4 is 49.4 Å². The Morgan fingerprint density at radius 1 is 0.812 bits per heavy atom. The number of aromatic nitrogens is 2. The second-order valence-electron chi connectivity index (χ2n) is 6.93. The quantitative estimate of drug-likeness (QED) is 0.223. The fraction of sp³-hybridized carbons (Fsp3) is 0.100. The van der Waals surface area contributed by atoms with Gasteiger partial charge in [0, 0.05) is 29.3 Å². The molecule has 12 heteroatoms. The highest BCUT2D eigenvalue weighted by Gasteiger charge is 2.46. The lowest BCUT2D eigenvalue weighted by Gasteiger charge is -2.17. The van der Waals surface area contributed by atoms with Crippen molar-refractivity contribution in [1.29, 1.82) is 0 Å². The van der Waals surface area contributed by atoms with Crippen molar-refractivity contribution in [1.82, 2.24) is 4.98 Å². The Morgan fingerprint density at radius 2 is 1.38 bits per heavy atom. The van der Waals surface area contributed by atoms with Crippen molar-refractivity contribution in [2.24, 2.45) is 0 Å². The molecule has 2 aromatic heterocycles. The topological polar surface area (TPSA) is 132 Å². The summed E-state index contributed by atoms with van der Waals surface area (Å²) < 4.78 is 24.9. The maximum atomic E-state index is 11.7. The number of nitrogens with zero attached hydrogens (tertiary/aromatic N) is 2. The smallest absolute Gasteiger partial charge is 0.347 e. The summed E-state index contributed by atoms with van der Waals surface area (Å²) in [7, 11) is -10.1. The fourth-order valence-corrected chi connectivity index (χ4v) is 5.94. The molecule has 4 N–H and O–H groups in total. The Balaban J connectivity index is 0.00000181. The van der Waals surface area contributed by atoms with Gasteiger partial charge in [-0.3, -0.25) is 14.1 Å². The van der Waals surface area contributed by atoms with Gasteiger partial charge in [-0.2, -0.15) is 4.57 Å². The SMILES string of the molecule is Cl.O=P(O)(O)C(C[n+]1ccc(-c2ccnc3ccccc23)c2ccccc21)P(=O)(O)O.[Cl-]. The number of pyridine rings is 2. The number of benzene rings is 2. The van der Waals surface area contributed by atoms with Crippen molar-refractivity contribution in [3.8, 4) is 11.1 Å². The van der Waals surface area contributed by atoms with Crippen LogP contribution in [0.2, 0.25) is 0 Å². The van der Waals surface area contributed by atoms with Crippen LogP contribution < -0.4 is 17.0 Å². The first-order chi connectivity index (χ1) is 14.2. The van der Waals surface area contributed by atoms with Crippen LogP contribution in [0, 0.1) is 0 Å². The van der Waals surface area contributed by atoms with Gasteiger partial charge in [-0.05, 0) is 23.8 Å².